The Hall–Kier alpha value is -0.160. The second kappa shape index (κ2) is 7.22. The molecule has 0 saturated heterocycles. The van der Waals surface area contributed by atoms with Crippen molar-refractivity contribution in [3.8, 4) is 0 Å². The van der Waals surface area contributed by atoms with Crippen LogP contribution in [0.1, 0.15) is 25.7 Å². The minimum atomic E-state index is 0.333. The summed E-state index contributed by atoms with van der Waals surface area (Å²) in [5, 5.41) is 17.1. The first kappa shape index (κ1) is 13.9. The third-order valence-corrected chi connectivity index (χ3v) is 3.57. The topological polar surface area (TPSA) is 58.9 Å². The van der Waals surface area contributed by atoms with Gasteiger partial charge in [0.2, 0.25) is 0 Å². The van der Waals surface area contributed by atoms with E-state index >= 15 is 0 Å². The molecule has 0 unspecified atom stereocenters. The van der Waals surface area contributed by atoms with Gasteiger partial charge in [0.05, 0.1) is 12.2 Å². The average molecular weight is 232 g/mol. The Morgan fingerprint density at radius 3 is 1.31 bits per heavy atom. The lowest BCUT2D eigenvalue weighted by atomic mass is 9.83. The Morgan fingerprint density at radius 2 is 1.12 bits per heavy atom. The predicted octanol–water partition coefficient (Wildman–Crippen LogP) is 0.807. The van der Waals surface area contributed by atoms with Crippen molar-refractivity contribution in [2.24, 2.45) is 11.8 Å². The van der Waals surface area contributed by atoms with Crippen LogP contribution in [0.2, 0.25) is 0 Å². The molecule has 2 saturated carbocycles. The van der Waals surface area contributed by atoms with Crippen molar-refractivity contribution in [3.63, 3.8) is 0 Å². The molecule has 2 aliphatic rings. The first-order chi connectivity index (χ1) is 7.73. The molecule has 0 aromatic carbocycles. The van der Waals surface area contributed by atoms with Gasteiger partial charge in [-0.3, -0.25) is 0 Å². The zero-order chi connectivity index (χ0) is 12.0. The van der Waals surface area contributed by atoms with Crippen molar-refractivity contribution in [1.29, 1.82) is 0 Å². The molecule has 4 heteroatoms. The van der Waals surface area contributed by atoms with E-state index in [0.717, 1.165) is 25.7 Å². The Balaban J connectivity index is 0.000000160. The van der Waals surface area contributed by atoms with Gasteiger partial charge in [0, 0.05) is 27.4 Å². The summed E-state index contributed by atoms with van der Waals surface area (Å²) >= 11 is 0. The molecule has 4 nitrogen and oxygen atoms in total. The molecular weight excluding hydrogens is 208 g/mol. The summed E-state index contributed by atoms with van der Waals surface area (Å²) in [6.45, 7) is 0.666. The van der Waals surface area contributed by atoms with E-state index in [4.69, 9.17) is 19.7 Å². The van der Waals surface area contributed by atoms with Gasteiger partial charge in [0.15, 0.2) is 0 Å². The fourth-order valence-electron chi connectivity index (χ4n) is 2.03. The van der Waals surface area contributed by atoms with E-state index in [1.165, 1.54) is 0 Å². The summed E-state index contributed by atoms with van der Waals surface area (Å²) in [4.78, 5) is 0. The SMILES string of the molecule is COC1CC(CO)C1.COC1CC(CO)C1. The third-order valence-electron chi connectivity index (χ3n) is 3.57. The van der Waals surface area contributed by atoms with Gasteiger partial charge in [0.25, 0.3) is 0 Å². The normalized spacial score (nSPS) is 36.8. The summed E-state index contributed by atoms with van der Waals surface area (Å²) < 4.78 is 10.0. The highest BCUT2D eigenvalue weighted by atomic mass is 16.5. The van der Waals surface area contributed by atoms with Crippen LogP contribution < -0.4 is 0 Å². The van der Waals surface area contributed by atoms with Crippen LogP contribution in [0.15, 0.2) is 0 Å². The number of aliphatic hydroxyl groups excluding tert-OH is 2. The molecule has 0 aromatic rings. The quantitative estimate of drug-likeness (QED) is 0.753. The van der Waals surface area contributed by atoms with E-state index < -0.39 is 0 Å². The summed E-state index contributed by atoms with van der Waals surface area (Å²) in [5.74, 6) is 1.06. The summed E-state index contributed by atoms with van der Waals surface area (Å²) in [6.07, 6.45) is 5.07. The van der Waals surface area contributed by atoms with Crippen LogP contribution in [-0.2, 0) is 9.47 Å². The van der Waals surface area contributed by atoms with E-state index in [0.29, 0.717) is 37.3 Å². The average Bonchev–Trinajstić information content (AvgIpc) is 2.17. The molecule has 0 spiro atoms. The highest BCUT2D eigenvalue weighted by Gasteiger charge is 2.28. The largest absolute Gasteiger partial charge is 0.396 e. The van der Waals surface area contributed by atoms with Crippen LogP contribution in [-0.4, -0.2) is 49.9 Å². The van der Waals surface area contributed by atoms with Gasteiger partial charge >= 0.3 is 0 Å². The van der Waals surface area contributed by atoms with E-state index in [1.807, 2.05) is 0 Å². The van der Waals surface area contributed by atoms with E-state index in [-0.39, 0.29) is 0 Å². The summed E-state index contributed by atoms with van der Waals surface area (Å²) in [7, 11) is 3.44. The predicted molar refractivity (Wildman–Crippen MR) is 61.2 cm³/mol. The first-order valence-electron chi connectivity index (χ1n) is 6.00. The smallest absolute Gasteiger partial charge is 0.0578 e. The summed E-state index contributed by atoms with van der Waals surface area (Å²) in [6, 6.07) is 0. The lowest BCUT2D eigenvalue weighted by molar-refractivity contribution is -0.0180. The van der Waals surface area contributed by atoms with Crippen LogP contribution in [0.4, 0.5) is 0 Å². The Bertz CT molecular complexity index is 138. The monoisotopic (exact) mass is 232 g/mol. The van der Waals surface area contributed by atoms with Gasteiger partial charge in [-0.15, -0.1) is 0 Å². The molecule has 0 aromatic heterocycles. The third kappa shape index (κ3) is 4.01. The lowest BCUT2D eigenvalue weighted by Gasteiger charge is -2.32. The molecule has 2 rings (SSSR count). The fourth-order valence-corrected chi connectivity index (χ4v) is 2.03. The van der Waals surface area contributed by atoms with Crippen molar-refractivity contribution < 1.29 is 19.7 Å². The molecule has 16 heavy (non-hydrogen) atoms. The van der Waals surface area contributed by atoms with Crippen LogP contribution in [0.25, 0.3) is 0 Å². The molecule has 2 fully saturated rings. The van der Waals surface area contributed by atoms with E-state index in [1.54, 1.807) is 14.2 Å². The first-order valence-corrected chi connectivity index (χ1v) is 6.00. The van der Waals surface area contributed by atoms with Gasteiger partial charge in [-0.1, -0.05) is 0 Å². The zero-order valence-corrected chi connectivity index (χ0v) is 10.3. The van der Waals surface area contributed by atoms with E-state index in [2.05, 4.69) is 0 Å². The number of methoxy groups -OCH3 is 2. The Kier molecular flexibility index (Phi) is 6.28. The van der Waals surface area contributed by atoms with Crippen molar-refractivity contribution in [2.45, 2.75) is 37.9 Å². The lowest BCUT2D eigenvalue weighted by Crippen LogP contribution is -2.32. The van der Waals surface area contributed by atoms with Crippen molar-refractivity contribution >= 4 is 0 Å². The molecule has 96 valence electrons. The second-order valence-electron chi connectivity index (χ2n) is 4.76. The molecule has 0 aliphatic heterocycles. The molecule has 0 bridgehead atoms. The molecule has 0 amide bonds. The Labute approximate surface area is 97.6 Å². The molecule has 2 N–H and O–H groups in total. The van der Waals surface area contributed by atoms with Gasteiger partial charge in [-0.05, 0) is 37.5 Å². The number of hydrogen-bond acceptors (Lipinski definition) is 4. The van der Waals surface area contributed by atoms with E-state index in [9.17, 15) is 0 Å². The maximum atomic E-state index is 8.54. The van der Waals surface area contributed by atoms with Crippen LogP contribution in [0.3, 0.4) is 0 Å². The van der Waals surface area contributed by atoms with Gasteiger partial charge in [0.1, 0.15) is 0 Å². The molecule has 0 radical (unpaired) electrons. The van der Waals surface area contributed by atoms with Crippen LogP contribution in [0, 0.1) is 11.8 Å². The maximum Gasteiger partial charge on any atom is 0.0578 e. The molecular formula is C12H24O4. The van der Waals surface area contributed by atoms with Gasteiger partial charge in [-0.2, -0.15) is 0 Å². The van der Waals surface area contributed by atoms with Gasteiger partial charge < -0.3 is 19.7 Å². The molecule has 0 heterocycles. The number of aliphatic hydroxyl groups is 2. The number of hydrogen-bond donors (Lipinski definition) is 2. The number of ether oxygens (including phenoxy) is 2. The maximum absolute atomic E-state index is 8.54. The van der Waals surface area contributed by atoms with Crippen molar-refractivity contribution in [2.75, 3.05) is 27.4 Å². The highest BCUT2D eigenvalue weighted by Crippen LogP contribution is 2.28. The zero-order valence-electron chi connectivity index (χ0n) is 10.3. The molecule has 0 atom stereocenters. The molecule has 2 aliphatic carbocycles. The standard InChI is InChI=1S/2C6H12O2/c2*1-8-6-2-5(3-6)4-7/h2*5-7H,2-4H2,1H3. The minimum Gasteiger partial charge on any atom is -0.396 e. The highest BCUT2D eigenvalue weighted by molar-refractivity contribution is 4.79. The van der Waals surface area contributed by atoms with Gasteiger partial charge in [-0.25, -0.2) is 0 Å². The summed E-state index contributed by atoms with van der Waals surface area (Å²) in [5.41, 5.74) is 0. The van der Waals surface area contributed by atoms with Crippen LogP contribution in [0.5, 0.6) is 0 Å². The van der Waals surface area contributed by atoms with Crippen molar-refractivity contribution in [1.82, 2.24) is 0 Å². The van der Waals surface area contributed by atoms with Crippen molar-refractivity contribution in [3.05, 3.63) is 0 Å². The fraction of sp³-hybridized carbons (Fsp3) is 1.00. The van der Waals surface area contributed by atoms with Crippen LogP contribution >= 0.6 is 0 Å². The minimum absolute atomic E-state index is 0.333. The Morgan fingerprint density at radius 1 is 0.812 bits per heavy atom. The second-order valence-corrected chi connectivity index (χ2v) is 4.76. The number of rotatable bonds is 4.